The van der Waals surface area contributed by atoms with Crippen LogP contribution in [-0.4, -0.2) is 66.8 Å². The molecule has 0 fully saturated rings. The molecule has 7 nitrogen and oxygen atoms in total. The van der Waals surface area contributed by atoms with Crippen LogP contribution in [0.3, 0.4) is 0 Å². The second-order valence-corrected chi connectivity index (χ2v) is 13.7. The fourth-order valence-corrected chi connectivity index (χ4v) is 6.39. The third kappa shape index (κ3) is 22.1. The average molecular weight is 676 g/mol. The van der Waals surface area contributed by atoms with Crippen molar-refractivity contribution in [1.82, 2.24) is 16.0 Å². The first-order valence-corrected chi connectivity index (χ1v) is 19.7. The molecule has 1 rings (SSSR count). The van der Waals surface area contributed by atoms with Gasteiger partial charge in [-0.05, 0) is 77.7 Å². The lowest BCUT2D eigenvalue weighted by atomic mass is 10.1. The first kappa shape index (κ1) is 42.8. The van der Waals surface area contributed by atoms with Crippen LogP contribution in [0.4, 0.5) is 4.79 Å². The van der Waals surface area contributed by atoms with Crippen molar-refractivity contribution in [3.8, 4) is 0 Å². The zero-order valence-corrected chi connectivity index (χ0v) is 31.5. The number of carbonyl (C=O) groups excluding carboxylic acids is 2. The zero-order chi connectivity index (χ0) is 34.4. The number of amides is 2. The molecule has 0 saturated heterocycles. The van der Waals surface area contributed by atoms with Gasteiger partial charge in [0, 0.05) is 13.1 Å². The summed E-state index contributed by atoms with van der Waals surface area (Å²) >= 11 is 5.56. The van der Waals surface area contributed by atoms with E-state index in [1.807, 2.05) is 30.3 Å². The first-order chi connectivity index (χ1) is 22.9. The molecule has 1 aromatic carbocycles. The molecule has 3 N–H and O–H groups in total. The number of alkyl carbamates (subject to hydrolysis) is 1. The molecule has 2 amide bonds. The Morgan fingerprint density at radius 2 is 1.26 bits per heavy atom. The van der Waals surface area contributed by atoms with E-state index in [9.17, 15) is 9.59 Å². The lowest BCUT2D eigenvalue weighted by molar-refractivity contribution is -0.923. The summed E-state index contributed by atoms with van der Waals surface area (Å²) in [4.78, 5) is 26.7. The van der Waals surface area contributed by atoms with Crippen LogP contribution in [0.1, 0.15) is 149 Å². The van der Waals surface area contributed by atoms with E-state index in [0.717, 1.165) is 86.2 Å². The molecule has 8 heteroatoms. The number of nitrogens with zero attached hydrogens (tertiary/aromatic N) is 1. The number of unbranched alkanes of at least 4 members (excludes halogenated alkanes) is 13. The molecule has 1 atom stereocenters. The van der Waals surface area contributed by atoms with E-state index in [4.69, 9.17) is 17.0 Å². The quantitative estimate of drug-likeness (QED) is 0.0431. The van der Waals surface area contributed by atoms with E-state index < -0.39 is 12.1 Å². The van der Waals surface area contributed by atoms with Crippen molar-refractivity contribution >= 4 is 29.2 Å². The van der Waals surface area contributed by atoms with Crippen LogP contribution in [0.5, 0.6) is 0 Å². The molecule has 270 valence electrons. The van der Waals surface area contributed by atoms with E-state index >= 15 is 0 Å². The van der Waals surface area contributed by atoms with Crippen molar-refractivity contribution in [2.24, 2.45) is 0 Å². The topological polar surface area (TPSA) is 79.5 Å². The number of quaternary nitrogens is 1. The van der Waals surface area contributed by atoms with Crippen LogP contribution < -0.4 is 16.0 Å². The highest BCUT2D eigenvalue weighted by Gasteiger charge is 2.22. The van der Waals surface area contributed by atoms with Crippen molar-refractivity contribution in [2.75, 3.05) is 39.3 Å². The molecule has 1 aromatic rings. The Balaban J connectivity index is 2.33. The fraction of sp³-hybridized carbons (Fsp3) is 0.769. The van der Waals surface area contributed by atoms with Crippen molar-refractivity contribution in [2.45, 2.75) is 156 Å². The SMILES string of the molecule is CCCCCCCCCCCCCC(=S)NCCCC[C@H](NC(=O)OCc1ccccc1)C(=O)NCCCCC[N+](CC)(CC)CC. The molecular weight excluding hydrogens is 605 g/mol. The molecule has 0 heterocycles. The van der Waals surface area contributed by atoms with Gasteiger partial charge in [0.1, 0.15) is 12.6 Å². The molecule has 0 aliphatic heterocycles. The third-order valence-electron chi connectivity index (χ3n) is 9.69. The van der Waals surface area contributed by atoms with Crippen molar-refractivity contribution in [3.63, 3.8) is 0 Å². The van der Waals surface area contributed by atoms with Crippen LogP contribution >= 0.6 is 12.2 Å². The van der Waals surface area contributed by atoms with Crippen molar-refractivity contribution in [1.29, 1.82) is 0 Å². The number of benzene rings is 1. The lowest BCUT2D eigenvalue weighted by Crippen LogP contribution is -2.48. The van der Waals surface area contributed by atoms with Crippen molar-refractivity contribution in [3.05, 3.63) is 35.9 Å². The molecule has 47 heavy (non-hydrogen) atoms. The molecule has 0 aliphatic carbocycles. The minimum Gasteiger partial charge on any atom is -0.445 e. The van der Waals surface area contributed by atoms with Crippen LogP contribution in [0.15, 0.2) is 30.3 Å². The highest BCUT2D eigenvalue weighted by molar-refractivity contribution is 7.80. The van der Waals surface area contributed by atoms with E-state index in [0.29, 0.717) is 13.0 Å². The zero-order valence-electron chi connectivity index (χ0n) is 30.7. The number of thiocarbonyl (C=S) groups is 1. The van der Waals surface area contributed by atoms with Crippen LogP contribution in [-0.2, 0) is 16.1 Å². The van der Waals surface area contributed by atoms with E-state index in [2.05, 4.69) is 43.6 Å². The molecule has 0 radical (unpaired) electrons. The molecule has 0 aliphatic rings. The summed E-state index contributed by atoms with van der Waals surface area (Å²) in [5.41, 5.74) is 0.913. The summed E-state index contributed by atoms with van der Waals surface area (Å²) in [5, 5.41) is 9.28. The summed E-state index contributed by atoms with van der Waals surface area (Å²) in [6.07, 6.45) is 20.5. The highest BCUT2D eigenvalue weighted by Crippen LogP contribution is 2.13. The minimum atomic E-state index is -0.619. The molecular formula is C39H71N4O3S+. The summed E-state index contributed by atoms with van der Waals surface area (Å²) in [6, 6.07) is 8.96. The van der Waals surface area contributed by atoms with Gasteiger partial charge in [-0.1, -0.05) is 114 Å². The fourth-order valence-electron chi connectivity index (χ4n) is 6.14. The molecule has 0 saturated carbocycles. The Morgan fingerprint density at radius 3 is 1.87 bits per heavy atom. The van der Waals surface area contributed by atoms with Gasteiger partial charge in [0.15, 0.2) is 0 Å². The Bertz CT molecular complexity index is 918. The number of rotatable bonds is 30. The maximum Gasteiger partial charge on any atom is 0.408 e. The van der Waals surface area contributed by atoms with Gasteiger partial charge in [-0.2, -0.15) is 0 Å². The van der Waals surface area contributed by atoms with Gasteiger partial charge in [0.25, 0.3) is 0 Å². The predicted molar refractivity (Wildman–Crippen MR) is 203 cm³/mol. The van der Waals surface area contributed by atoms with E-state index in [1.54, 1.807) is 0 Å². The standard InChI is InChI=1S/C39H70N4O3S/c1-5-9-10-11-12-13-14-15-16-17-22-30-37(47)40-31-25-23-29-36(42-39(45)46-34-35-27-20-18-21-28-35)38(44)41-32-24-19-26-33-43(6-2,7-3)8-4/h18,20-21,27-28,36H,5-17,19,22-26,29-34H2,1-4H3,(H2-,40,41,42,44,45,47)/p+1/t36-/m0/s1. The molecule has 0 bridgehead atoms. The first-order valence-electron chi connectivity index (χ1n) is 19.3. The maximum absolute atomic E-state index is 13.1. The number of carbonyl (C=O) groups is 2. The smallest absolute Gasteiger partial charge is 0.408 e. The molecule has 0 aromatic heterocycles. The molecule has 0 spiro atoms. The second kappa shape index (κ2) is 28.8. The van der Waals surface area contributed by atoms with E-state index in [-0.39, 0.29) is 12.5 Å². The summed E-state index contributed by atoms with van der Waals surface area (Å²) in [7, 11) is 0. The van der Waals surface area contributed by atoms with Crippen LogP contribution in [0, 0.1) is 0 Å². The number of ether oxygens (including phenoxy) is 1. The maximum atomic E-state index is 13.1. The monoisotopic (exact) mass is 676 g/mol. The van der Waals surface area contributed by atoms with Crippen molar-refractivity contribution < 1.29 is 18.8 Å². The van der Waals surface area contributed by atoms with Gasteiger partial charge in [0.05, 0.1) is 31.2 Å². The number of hydrogen-bond acceptors (Lipinski definition) is 4. The summed E-state index contributed by atoms with van der Waals surface area (Å²) < 4.78 is 6.57. The largest absolute Gasteiger partial charge is 0.445 e. The summed E-state index contributed by atoms with van der Waals surface area (Å²) in [5.74, 6) is -0.137. The average Bonchev–Trinajstić information content (AvgIpc) is 3.09. The Morgan fingerprint density at radius 1 is 0.702 bits per heavy atom. The van der Waals surface area contributed by atoms with Gasteiger partial charge in [-0.3, -0.25) is 4.79 Å². The van der Waals surface area contributed by atoms with Gasteiger partial charge >= 0.3 is 6.09 Å². The van der Waals surface area contributed by atoms with Gasteiger partial charge < -0.3 is 25.2 Å². The van der Waals surface area contributed by atoms with Crippen LogP contribution in [0.25, 0.3) is 0 Å². The Labute approximate surface area is 294 Å². The van der Waals surface area contributed by atoms with Gasteiger partial charge in [-0.15, -0.1) is 0 Å². The minimum absolute atomic E-state index is 0.137. The summed E-state index contributed by atoms with van der Waals surface area (Å²) in [6.45, 7) is 15.4. The van der Waals surface area contributed by atoms with E-state index in [1.165, 1.54) is 70.8 Å². The molecule has 0 unspecified atom stereocenters. The van der Waals surface area contributed by atoms with Gasteiger partial charge in [-0.25, -0.2) is 4.79 Å². The lowest BCUT2D eigenvalue weighted by Gasteiger charge is -2.35. The predicted octanol–water partition coefficient (Wildman–Crippen LogP) is 9.23. The Hall–Kier alpha value is -2.19. The highest BCUT2D eigenvalue weighted by atomic mass is 32.1. The van der Waals surface area contributed by atoms with Gasteiger partial charge in [0.2, 0.25) is 5.91 Å². The second-order valence-electron chi connectivity index (χ2n) is 13.3. The van der Waals surface area contributed by atoms with Crippen LogP contribution in [0.2, 0.25) is 0 Å². The number of nitrogens with one attached hydrogen (secondary N) is 3. The normalized spacial score (nSPS) is 12.0. The Kier molecular flexibility index (Phi) is 26.2. The number of hydrogen-bond donors (Lipinski definition) is 3. The third-order valence-corrected chi connectivity index (χ3v) is 10.0.